The van der Waals surface area contributed by atoms with Crippen LogP contribution in [0.3, 0.4) is 0 Å². The van der Waals surface area contributed by atoms with Gasteiger partial charge in [-0.25, -0.2) is 0 Å². The zero-order valence-electron chi connectivity index (χ0n) is 19.3. The van der Waals surface area contributed by atoms with Crippen molar-refractivity contribution in [2.45, 2.75) is 110 Å². The van der Waals surface area contributed by atoms with E-state index >= 15 is 0 Å². The Hall–Kier alpha value is -1.12. The first kappa shape index (κ1) is 24.2. The molecule has 0 aromatic carbocycles. The lowest BCUT2D eigenvalue weighted by Gasteiger charge is -2.32. The van der Waals surface area contributed by atoms with E-state index in [0.717, 1.165) is 19.3 Å². The van der Waals surface area contributed by atoms with E-state index in [9.17, 15) is 10.2 Å². The molecular weight excluding hydrogens is 356 g/mol. The number of rotatable bonds is 12. The van der Waals surface area contributed by atoms with Gasteiger partial charge in [0.25, 0.3) is 0 Å². The van der Waals surface area contributed by atoms with Gasteiger partial charge >= 0.3 is 0 Å². The molecule has 4 unspecified atom stereocenters. The standard InChI is InChI=1S/C27H44O2/c1-5-25-21-23(18-20-27(25,4)29)15-12-10-8-6-7-9-11-13-16-24-17-14-19-26(3,28)22(24)2/h14,17-22,25,28-29H,5-13,15-16H2,1-4H3. The predicted octanol–water partition coefficient (Wildman–Crippen LogP) is 7.04. The van der Waals surface area contributed by atoms with Gasteiger partial charge in [0, 0.05) is 11.8 Å². The Bertz CT molecular complexity index is 618. The Morgan fingerprint density at radius 1 is 0.828 bits per heavy atom. The average molecular weight is 401 g/mol. The van der Waals surface area contributed by atoms with Crippen LogP contribution in [0.25, 0.3) is 0 Å². The molecule has 0 saturated heterocycles. The fourth-order valence-corrected chi connectivity index (χ4v) is 4.63. The Labute approximate surface area is 179 Å². The van der Waals surface area contributed by atoms with Crippen molar-refractivity contribution in [3.05, 3.63) is 47.6 Å². The molecule has 2 heteroatoms. The number of hydrogen-bond acceptors (Lipinski definition) is 2. The molecule has 0 spiro atoms. The summed E-state index contributed by atoms with van der Waals surface area (Å²) in [5.41, 5.74) is 1.46. The SMILES string of the molecule is CCC1C=C(CCCCCCCCCCC2=CC=CC(C)(O)C2C)C=CC1(C)O. The topological polar surface area (TPSA) is 40.5 Å². The van der Waals surface area contributed by atoms with E-state index in [1.807, 2.05) is 32.1 Å². The zero-order chi connectivity index (χ0) is 21.3. The highest BCUT2D eigenvalue weighted by molar-refractivity contribution is 5.29. The molecule has 0 aromatic rings. The summed E-state index contributed by atoms with van der Waals surface area (Å²) in [6, 6.07) is 0. The summed E-state index contributed by atoms with van der Waals surface area (Å²) < 4.78 is 0. The van der Waals surface area contributed by atoms with Crippen LogP contribution in [0, 0.1) is 11.8 Å². The molecule has 0 fully saturated rings. The molecule has 29 heavy (non-hydrogen) atoms. The summed E-state index contributed by atoms with van der Waals surface area (Å²) >= 11 is 0. The van der Waals surface area contributed by atoms with E-state index in [0.29, 0.717) is 0 Å². The molecular formula is C27H44O2. The van der Waals surface area contributed by atoms with Crippen molar-refractivity contribution < 1.29 is 10.2 Å². The maximum atomic E-state index is 10.3. The van der Waals surface area contributed by atoms with E-state index < -0.39 is 11.2 Å². The van der Waals surface area contributed by atoms with Gasteiger partial charge in [-0.05, 0) is 46.0 Å². The molecule has 164 valence electrons. The minimum Gasteiger partial charge on any atom is -0.385 e. The number of aliphatic hydroxyl groups is 2. The van der Waals surface area contributed by atoms with Crippen molar-refractivity contribution in [1.82, 2.24) is 0 Å². The minimum absolute atomic E-state index is 0.236. The zero-order valence-corrected chi connectivity index (χ0v) is 19.3. The van der Waals surface area contributed by atoms with E-state index in [1.165, 1.54) is 62.5 Å². The van der Waals surface area contributed by atoms with Crippen molar-refractivity contribution in [3.63, 3.8) is 0 Å². The highest BCUT2D eigenvalue weighted by Crippen LogP contribution is 2.33. The monoisotopic (exact) mass is 400 g/mol. The van der Waals surface area contributed by atoms with Crippen LogP contribution in [0.2, 0.25) is 0 Å². The number of allylic oxidation sites excluding steroid dienone is 4. The second-order valence-electron chi connectivity index (χ2n) is 9.69. The van der Waals surface area contributed by atoms with Crippen LogP contribution in [0.4, 0.5) is 0 Å². The van der Waals surface area contributed by atoms with Crippen LogP contribution in [0.5, 0.6) is 0 Å². The molecule has 2 rings (SSSR count). The first-order valence-electron chi connectivity index (χ1n) is 12.0. The summed E-state index contributed by atoms with van der Waals surface area (Å²) in [5.74, 6) is 0.498. The predicted molar refractivity (Wildman–Crippen MR) is 125 cm³/mol. The molecule has 0 amide bonds. The van der Waals surface area contributed by atoms with Gasteiger partial charge in [0.05, 0.1) is 11.2 Å². The molecule has 0 heterocycles. The highest BCUT2D eigenvalue weighted by atomic mass is 16.3. The molecule has 0 saturated carbocycles. The summed E-state index contributed by atoms with van der Waals surface area (Å²) in [6.07, 6.45) is 26.2. The van der Waals surface area contributed by atoms with Crippen LogP contribution >= 0.6 is 0 Å². The van der Waals surface area contributed by atoms with E-state index in [4.69, 9.17) is 0 Å². The third kappa shape index (κ3) is 7.57. The largest absolute Gasteiger partial charge is 0.385 e. The van der Waals surface area contributed by atoms with Gasteiger partial charge < -0.3 is 10.2 Å². The van der Waals surface area contributed by atoms with Crippen LogP contribution in [-0.2, 0) is 0 Å². The van der Waals surface area contributed by atoms with Crippen LogP contribution in [0.15, 0.2) is 47.6 Å². The normalized spacial score (nSPS) is 31.7. The summed E-state index contributed by atoms with van der Waals surface area (Å²) in [5, 5.41) is 20.7. The van der Waals surface area contributed by atoms with Crippen molar-refractivity contribution in [2.75, 3.05) is 0 Å². The smallest absolute Gasteiger partial charge is 0.0865 e. The fraction of sp³-hybridized carbons (Fsp3) is 0.704. The third-order valence-electron chi connectivity index (χ3n) is 7.10. The second kappa shape index (κ2) is 11.3. The molecule has 0 aromatic heterocycles. The average Bonchev–Trinajstić information content (AvgIpc) is 2.67. The Kier molecular flexibility index (Phi) is 9.43. The molecule has 4 atom stereocenters. The number of hydrogen-bond donors (Lipinski definition) is 2. The third-order valence-corrected chi connectivity index (χ3v) is 7.10. The van der Waals surface area contributed by atoms with Gasteiger partial charge in [0.2, 0.25) is 0 Å². The van der Waals surface area contributed by atoms with Crippen molar-refractivity contribution in [1.29, 1.82) is 0 Å². The maximum absolute atomic E-state index is 10.3. The molecule has 2 nitrogen and oxygen atoms in total. The lowest BCUT2D eigenvalue weighted by atomic mass is 9.79. The first-order valence-corrected chi connectivity index (χ1v) is 12.0. The quantitative estimate of drug-likeness (QED) is 0.345. The molecule has 0 aliphatic heterocycles. The van der Waals surface area contributed by atoms with Crippen molar-refractivity contribution in [2.24, 2.45) is 11.8 Å². The van der Waals surface area contributed by atoms with Gasteiger partial charge in [-0.1, -0.05) is 100.0 Å². The van der Waals surface area contributed by atoms with Gasteiger partial charge in [-0.2, -0.15) is 0 Å². The molecule has 2 aliphatic carbocycles. The second-order valence-corrected chi connectivity index (χ2v) is 9.69. The Morgan fingerprint density at radius 3 is 2.03 bits per heavy atom. The Morgan fingerprint density at radius 2 is 1.41 bits per heavy atom. The van der Waals surface area contributed by atoms with Crippen LogP contribution in [0.1, 0.15) is 98.3 Å². The van der Waals surface area contributed by atoms with Crippen LogP contribution < -0.4 is 0 Å². The molecule has 0 radical (unpaired) electrons. The summed E-state index contributed by atoms with van der Waals surface area (Å²) in [7, 11) is 0. The van der Waals surface area contributed by atoms with E-state index in [2.05, 4.69) is 32.1 Å². The summed E-state index contributed by atoms with van der Waals surface area (Å²) in [4.78, 5) is 0. The highest BCUT2D eigenvalue weighted by Gasteiger charge is 2.30. The van der Waals surface area contributed by atoms with Gasteiger partial charge in [-0.15, -0.1) is 0 Å². The fourth-order valence-electron chi connectivity index (χ4n) is 4.63. The first-order chi connectivity index (χ1) is 13.8. The van der Waals surface area contributed by atoms with Crippen molar-refractivity contribution >= 4 is 0 Å². The molecule has 2 aliphatic rings. The number of unbranched alkanes of at least 4 members (excludes halogenated alkanes) is 7. The maximum Gasteiger partial charge on any atom is 0.0865 e. The van der Waals surface area contributed by atoms with E-state index in [-0.39, 0.29) is 11.8 Å². The van der Waals surface area contributed by atoms with Gasteiger partial charge in [-0.3, -0.25) is 0 Å². The van der Waals surface area contributed by atoms with E-state index in [1.54, 1.807) is 0 Å². The van der Waals surface area contributed by atoms with Crippen molar-refractivity contribution in [3.8, 4) is 0 Å². The minimum atomic E-state index is -0.678. The lowest BCUT2D eigenvalue weighted by Crippen LogP contribution is -2.33. The molecule has 0 bridgehead atoms. The summed E-state index contributed by atoms with van der Waals surface area (Å²) in [6.45, 7) is 8.12. The molecule has 2 N–H and O–H groups in total. The van der Waals surface area contributed by atoms with Gasteiger partial charge in [0.1, 0.15) is 0 Å². The lowest BCUT2D eigenvalue weighted by molar-refractivity contribution is 0.0631. The Balaban J connectivity index is 1.48. The van der Waals surface area contributed by atoms with Gasteiger partial charge in [0.15, 0.2) is 0 Å². The van der Waals surface area contributed by atoms with Crippen LogP contribution in [-0.4, -0.2) is 21.4 Å².